The van der Waals surface area contributed by atoms with Gasteiger partial charge in [0.15, 0.2) is 0 Å². The van der Waals surface area contributed by atoms with Gasteiger partial charge in [0.25, 0.3) is 0 Å². The third-order valence-electron chi connectivity index (χ3n) is 2.25. The zero-order chi connectivity index (χ0) is 10.7. The second-order valence-corrected chi connectivity index (χ2v) is 3.40. The van der Waals surface area contributed by atoms with E-state index in [1.54, 1.807) is 7.11 Å². The number of hydrogen-bond donors (Lipinski definition) is 0. The molecule has 0 saturated carbocycles. The number of hydrogen-bond acceptors (Lipinski definition) is 2. The Morgan fingerprint density at radius 1 is 1.07 bits per heavy atom. The Labute approximate surface area is 89.6 Å². The van der Waals surface area contributed by atoms with E-state index in [0.717, 1.165) is 22.7 Å². The van der Waals surface area contributed by atoms with Crippen molar-refractivity contribution in [1.29, 1.82) is 0 Å². The molecule has 0 bridgehead atoms. The molecule has 76 valence electrons. The first kappa shape index (κ1) is 9.71. The summed E-state index contributed by atoms with van der Waals surface area (Å²) in [6.45, 7) is 1.99. The van der Waals surface area contributed by atoms with E-state index in [2.05, 4.69) is 4.98 Å². The highest BCUT2D eigenvalue weighted by Gasteiger charge is 2.00. The van der Waals surface area contributed by atoms with E-state index in [4.69, 9.17) is 4.74 Å². The highest BCUT2D eigenvalue weighted by atomic mass is 16.5. The first-order valence-corrected chi connectivity index (χ1v) is 4.87. The van der Waals surface area contributed by atoms with Crippen molar-refractivity contribution >= 4 is 0 Å². The third-order valence-corrected chi connectivity index (χ3v) is 2.25. The number of aromatic nitrogens is 1. The lowest BCUT2D eigenvalue weighted by molar-refractivity contribution is 0.415. The highest BCUT2D eigenvalue weighted by Crippen LogP contribution is 2.21. The van der Waals surface area contributed by atoms with Crippen LogP contribution in [0.15, 0.2) is 42.5 Å². The summed E-state index contributed by atoms with van der Waals surface area (Å²) in [5.74, 6) is 0.857. The summed E-state index contributed by atoms with van der Waals surface area (Å²) in [5, 5.41) is 0. The molecule has 0 N–H and O–H groups in total. The van der Waals surface area contributed by atoms with Crippen molar-refractivity contribution in [2.45, 2.75) is 6.92 Å². The van der Waals surface area contributed by atoms with Crippen molar-refractivity contribution in [3.63, 3.8) is 0 Å². The summed E-state index contributed by atoms with van der Waals surface area (Å²) >= 11 is 0. The van der Waals surface area contributed by atoms with Gasteiger partial charge >= 0.3 is 0 Å². The van der Waals surface area contributed by atoms with Crippen LogP contribution in [0.5, 0.6) is 5.75 Å². The monoisotopic (exact) mass is 199 g/mol. The molecule has 2 rings (SSSR count). The number of methoxy groups -OCH3 is 1. The second-order valence-electron chi connectivity index (χ2n) is 3.40. The maximum atomic E-state index is 5.18. The summed E-state index contributed by atoms with van der Waals surface area (Å²) in [7, 11) is 1.67. The normalized spacial score (nSPS) is 10.0. The molecule has 2 aromatic rings. The third kappa shape index (κ3) is 2.15. The molecule has 0 spiro atoms. The number of aryl methyl sites for hydroxylation is 1. The van der Waals surface area contributed by atoms with Gasteiger partial charge in [-0.2, -0.15) is 0 Å². The lowest BCUT2D eigenvalue weighted by atomic mass is 10.1. The van der Waals surface area contributed by atoms with Gasteiger partial charge in [-0.15, -0.1) is 0 Å². The molecule has 0 aliphatic carbocycles. The Bertz CT molecular complexity index is 466. The molecule has 0 aliphatic heterocycles. The van der Waals surface area contributed by atoms with Gasteiger partial charge in [-0.1, -0.05) is 18.2 Å². The van der Waals surface area contributed by atoms with Crippen LogP contribution in [0, 0.1) is 6.92 Å². The quantitative estimate of drug-likeness (QED) is 0.741. The molecule has 0 fully saturated rings. The molecule has 2 heteroatoms. The molecule has 0 saturated heterocycles. The van der Waals surface area contributed by atoms with Crippen LogP contribution in [0.3, 0.4) is 0 Å². The Morgan fingerprint density at radius 3 is 2.60 bits per heavy atom. The van der Waals surface area contributed by atoms with Crippen LogP contribution in [0.2, 0.25) is 0 Å². The summed E-state index contributed by atoms with van der Waals surface area (Å²) < 4.78 is 5.18. The molecule has 1 aromatic carbocycles. The van der Waals surface area contributed by atoms with E-state index in [-0.39, 0.29) is 0 Å². The topological polar surface area (TPSA) is 22.1 Å². The van der Waals surface area contributed by atoms with Crippen LogP contribution in [0.25, 0.3) is 11.3 Å². The van der Waals surface area contributed by atoms with Gasteiger partial charge in [-0.25, -0.2) is 0 Å². The van der Waals surface area contributed by atoms with Crippen LogP contribution >= 0.6 is 0 Å². The smallest absolute Gasteiger partial charge is 0.119 e. The summed E-state index contributed by atoms with van der Waals surface area (Å²) in [6, 6.07) is 13.9. The minimum atomic E-state index is 0.857. The van der Waals surface area contributed by atoms with E-state index < -0.39 is 0 Å². The zero-order valence-corrected chi connectivity index (χ0v) is 8.90. The number of ether oxygens (including phenoxy) is 1. The molecule has 0 aliphatic rings. The predicted molar refractivity (Wildman–Crippen MR) is 61.0 cm³/mol. The van der Waals surface area contributed by atoms with Gasteiger partial charge < -0.3 is 4.74 Å². The van der Waals surface area contributed by atoms with Crippen LogP contribution in [-0.4, -0.2) is 12.1 Å². The van der Waals surface area contributed by atoms with Gasteiger partial charge in [0.05, 0.1) is 12.8 Å². The van der Waals surface area contributed by atoms with Crippen LogP contribution < -0.4 is 4.74 Å². The number of rotatable bonds is 2. The van der Waals surface area contributed by atoms with Crippen LogP contribution in [-0.2, 0) is 0 Å². The molecular weight excluding hydrogens is 186 g/mol. The molecule has 2 nitrogen and oxygen atoms in total. The van der Waals surface area contributed by atoms with E-state index in [0.29, 0.717) is 0 Å². The van der Waals surface area contributed by atoms with Gasteiger partial charge in [0, 0.05) is 11.3 Å². The van der Waals surface area contributed by atoms with E-state index in [9.17, 15) is 0 Å². The molecule has 0 atom stereocenters. The van der Waals surface area contributed by atoms with Crippen molar-refractivity contribution in [3.05, 3.63) is 48.2 Å². The van der Waals surface area contributed by atoms with Gasteiger partial charge in [0.1, 0.15) is 5.75 Å². The first-order chi connectivity index (χ1) is 7.29. The average molecular weight is 199 g/mol. The van der Waals surface area contributed by atoms with Crippen molar-refractivity contribution in [1.82, 2.24) is 4.98 Å². The van der Waals surface area contributed by atoms with Gasteiger partial charge in [0.2, 0.25) is 0 Å². The molecular formula is C13H13NO. The molecule has 0 radical (unpaired) electrons. The molecule has 1 aromatic heterocycles. The lowest BCUT2D eigenvalue weighted by Crippen LogP contribution is -1.87. The summed E-state index contributed by atoms with van der Waals surface area (Å²) in [5.41, 5.74) is 3.09. The van der Waals surface area contributed by atoms with Crippen molar-refractivity contribution in [2.24, 2.45) is 0 Å². The Kier molecular flexibility index (Phi) is 2.68. The maximum Gasteiger partial charge on any atom is 0.119 e. The SMILES string of the molecule is COc1cccc(-c2cccc(C)n2)c1. The van der Waals surface area contributed by atoms with E-state index >= 15 is 0 Å². The average Bonchev–Trinajstić information content (AvgIpc) is 2.29. The fraction of sp³-hybridized carbons (Fsp3) is 0.154. The minimum Gasteiger partial charge on any atom is -0.497 e. The molecule has 0 amide bonds. The van der Waals surface area contributed by atoms with Crippen molar-refractivity contribution in [2.75, 3.05) is 7.11 Å². The van der Waals surface area contributed by atoms with E-state index in [1.807, 2.05) is 49.4 Å². The van der Waals surface area contributed by atoms with Crippen molar-refractivity contribution in [3.8, 4) is 17.0 Å². The lowest BCUT2D eigenvalue weighted by Gasteiger charge is -2.04. The number of nitrogens with zero attached hydrogens (tertiary/aromatic N) is 1. The molecule has 1 heterocycles. The second kappa shape index (κ2) is 4.13. The van der Waals surface area contributed by atoms with Crippen LogP contribution in [0.1, 0.15) is 5.69 Å². The molecule has 15 heavy (non-hydrogen) atoms. The van der Waals surface area contributed by atoms with E-state index in [1.165, 1.54) is 0 Å². The highest BCUT2D eigenvalue weighted by molar-refractivity contribution is 5.61. The number of benzene rings is 1. The maximum absolute atomic E-state index is 5.18. The molecule has 0 unspecified atom stereocenters. The summed E-state index contributed by atoms with van der Waals surface area (Å²) in [4.78, 5) is 4.46. The predicted octanol–water partition coefficient (Wildman–Crippen LogP) is 3.07. The Morgan fingerprint density at radius 2 is 1.87 bits per heavy atom. The minimum absolute atomic E-state index is 0.857. The summed E-state index contributed by atoms with van der Waals surface area (Å²) in [6.07, 6.45) is 0. The Balaban J connectivity index is 2.44. The fourth-order valence-corrected chi connectivity index (χ4v) is 1.49. The zero-order valence-electron chi connectivity index (χ0n) is 8.90. The van der Waals surface area contributed by atoms with Crippen molar-refractivity contribution < 1.29 is 4.74 Å². The largest absolute Gasteiger partial charge is 0.497 e. The fourth-order valence-electron chi connectivity index (χ4n) is 1.49. The van der Waals surface area contributed by atoms with Gasteiger partial charge in [-0.05, 0) is 31.2 Å². The number of pyridine rings is 1. The van der Waals surface area contributed by atoms with Crippen LogP contribution in [0.4, 0.5) is 0 Å². The Hall–Kier alpha value is -1.83. The standard InChI is InChI=1S/C13H13NO/c1-10-5-3-8-13(14-10)11-6-4-7-12(9-11)15-2/h3-9H,1-2H3. The first-order valence-electron chi connectivity index (χ1n) is 4.87. The van der Waals surface area contributed by atoms with Gasteiger partial charge in [-0.3, -0.25) is 4.98 Å².